The SMILES string of the molecule is FC(F)(F)c1cc(Cl)nc(NCc2ccccc2)c1. The van der Waals surface area contributed by atoms with Gasteiger partial charge in [-0.1, -0.05) is 41.9 Å². The lowest BCUT2D eigenvalue weighted by atomic mass is 10.2. The molecule has 0 aliphatic heterocycles. The maximum Gasteiger partial charge on any atom is 0.416 e. The van der Waals surface area contributed by atoms with Crippen molar-refractivity contribution in [2.75, 3.05) is 5.32 Å². The Bertz CT molecular complexity index is 556. The number of rotatable bonds is 3. The van der Waals surface area contributed by atoms with Crippen molar-refractivity contribution in [2.45, 2.75) is 12.7 Å². The fourth-order valence-corrected chi connectivity index (χ4v) is 1.75. The summed E-state index contributed by atoms with van der Waals surface area (Å²) in [5, 5.41) is 2.63. The highest BCUT2D eigenvalue weighted by molar-refractivity contribution is 6.29. The molecule has 2 nitrogen and oxygen atoms in total. The Morgan fingerprint density at radius 2 is 1.79 bits per heavy atom. The third kappa shape index (κ3) is 3.86. The van der Waals surface area contributed by atoms with Crippen LogP contribution in [0.3, 0.4) is 0 Å². The van der Waals surface area contributed by atoms with E-state index in [0.29, 0.717) is 6.54 Å². The van der Waals surface area contributed by atoms with Gasteiger partial charge in [0.1, 0.15) is 11.0 Å². The molecule has 0 fully saturated rings. The van der Waals surface area contributed by atoms with E-state index in [0.717, 1.165) is 17.7 Å². The highest BCUT2D eigenvalue weighted by Crippen LogP contribution is 2.31. The van der Waals surface area contributed by atoms with Gasteiger partial charge in [0.2, 0.25) is 0 Å². The molecule has 1 aromatic heterocycles. The standard InChI is InChI=1S/C13H10ClF3N2/c14-11-6-10(13(15,16)17)7-12(19-11)18-8-9-4-2-1-3-5-9/h1-7H,8H2,(H,18,19). The highest BCUT2D eigenvalue weighted by atomic mass is 35.5. The number of aromatic nitrogens is 1. The first-order valence-corrected chi connectivity index (χ1v) is 5.85. The molecule has 0 spiro atoms. The Morgan fingerprint density at radius 3 is 2.42 bits per heavy atom. The Hall–Kier alpha value is -1.75. The maximum absolute atomic E-state index is 12.6. The average Bonchev–Trinajstić information content (AvgIpc) is 2.36. The second kappa shape index (κ2) is 5.48. The predicted molar refractivity (Wildman–Crippen MR) is 68.0 cm³/mol. The summed E-state index contributed by atoms with van der Waals surface area (Å²) in [7, 11) is 0. The summed E-state index contributed by atoms with van der Waals surface area (Å²) in [4.78, 5) is 3.82. The zero-order valence-electron chi connectivity index (χ0n) is 9.71. The highest BCUT2D eigenvalue weighted by Gasteiger charge is 2.31. The lowest BCUT2D eigenvalue weighted by Crippen LogP contribution is -2.08. The van der Waals surface area contributed by atoms with Gasteiger partial charge in [0, 0.05) is 6.54 Å². The van der Waals surface area contributed by atoms with Crippen LogP contribution in [0.4, 0.5) is 19.0 Å². The first kappa shape index (κ1) is 13.7. The van der Waals surface area contributed by atoms with Gasteiger partial charge < -0.3 is 5.32 Å². The fraction of sp³-hybridized carbons (Fsp3) is 0.154. The summed E-state index contributed by atoms with van der Waals surface area (Å²) in [5.41, 5.74) is 0.126. The molecule has 1 N–H and O–H groups in total. The van der Waals surface area contributed by atoms with Crippen LogP contribution in [0, 0.1) is 0 Å². The van der Waals surface area contributed by atoms with Crippen LogP contribution in [0.1, 0.15) is 11.1 Å². The molecule has 1 heterocycles. The molecular formula is C13H10ClF3N2. The molecule has 0 amide bonds. The maximum atomic E-state index is 12.6. The molecule has 0 aliphatic rings. The van der Waals surface area contributed by atoms with E-state index in [-0.39, 0.29) is 11.0 Å². The van der Waals surface area contributed by atoms with Crippen LogP contribution in [-0.4, -0.2) is 4.98 Å². The monoisotopic (exact) mass is 286 g/mol. The van der Waals surface area contributed by atoms with Crippen molar-refractivity contribution in [3.05, 3.63) is 58.7 Å². The quantitative estimate of drug-likeness (QED) is 0.848. The van der Waals surface area contributed by atoms with E-state index in [4.69, 9.17) is 11.6 Å². The van der Waals surface area contributed by atoms with Crippen LogP contribution in [0.15, 0.2) is 42.5 Å². The molecule has 0 saturated carbocycles. The molecule has 0 bridgehead atoms. The second-order valence-electron chi connectivity index (χ2n) is 3.90. The Labute approximate surface area is 113 Å². The van der Waals surface area contributed by atoms with Gasteiger partial charge in [-0.15, -0.1) is 0 Å². The van der Waals surface area contributed by atoms with E-state index >= 15 is 0 Å². The predicted octanol–water partition coefficient (Wildman–Crippen LogP) is 4.37. The van der Waals surface area contributed by atoms with Crippen molar-refractivity contribution in [2.24, 2.45) is 0 Å². The van der Waals surface area contributed by atoms with Gasteiger partial charge in [-0.05, 0) is 17.7 Å². The van der Waals surface area contributed by atoms with E-state index in [1.807, 2.05) is 30.3 Å². The van der Waals surface area contributed by atoms with Crippen LogP contribution >= 0.6 is 11.6 Å². The van der Waals surface area contributed by atoms with Crippen molar-refractivity contribution in [1.82, 2.24) is 4.98 Å². The number of halogens is 4. The van der Waals surface area contributed by atoms with Crippen LogP contribution < -0.4 is 5.32 Å². The number of benzene rings is 1. The molecule has 0 unspecified atom stereocenters. The lowest BCUT2D eigenvalue weighted by Gasteiger charge is -2.10. The fourth-order valence-electron chi connectivity index (χ4n) is 1.54. The molecule has 0 radical (unpaired) electrons. The summed E-state index contributed by atoms with van der Waals surface area (Å²) in [6, 6.07) is 11.0. The summed E-state index contributed by atoms with van der Waals surface area (Å²) in [6.07, 6.45) is -4.43. The molecule has 0 aliphatic carbocycles. The molecular weight excluding hydrogens is 277 g/mol. The summed E-state index contributed by atoms with van der Waals surface area (Å²) in [5.74, 6) is 0.101. The zero-order chi connectivity index (χ0) is 13.9. The van der Waals surface area contributed by atoms with Crippen molar-refractivity contribution >= 4 is 17.4 Å². The van der Waals surface area contributed by atoms with Crippen LogP contribution in [-0.2, 0) is 12.7 Å². The van der Waals surface area contributed by atoms with Gasteiger partial charge in [-0.2, -0.15) is 13.2 Å². The average molecular weight is 287 g/mol. The minimum Gasteiger partial charge on any atom is -0.366 e. The number of anilines is 1. The summed E-state index contributed by atoms with van der Waals surface area (Å²) >= 11 is 5.59. The van der Waals surface area contributed by atoms with E-state index < -0.39 is 11.7 Å². The number of hydrogen-bond acceptors (Lipinski definition) is 2. The third-order valence-corrected chi connectivity index (χ3v) is 2.63. The van der Waals surface area contributed by atoms with Crippen LogP contribution in [0.5, 0.6) is 0 Å². The van der Waals surface area contributed by atoms with Gasteiger partial charge in [0.15, 0.2) is 0 Å². The molecule has 1 aromatic carbocycles. The smallest absolute Gasteiger partial charge is 0.366 e. The van der Waals surface area contributed by atoms with Crippen molar-refractivity contribution in [1.29, 1.82) is 0 Å². The third-order valence-electron chi connectivity index (χ3n) is 2.44. The van der Waals surface area contributed by atoms with Crippen LogP contribution in [0.2, 0.25) is 5.15 Å². The van der Waals surface area contributed by atoms with Gasteiger partial charge in [-0.25, -0.2) is 4.98 Å². The van der Waals surface area contributed by atoms with Gasteiger partial charge in [0.25, 0.3) is 0 Å². The number of alkyl halides is 3. The van der Waals surface area contributed by atoms with Gasteiger partial charge in [0.05, 0.1) is 5.56 Å². The Morgan fingerprint density at radius 1 is 1.11 bits per heavy atom. The first-order chi connectivity index (χ1) is 8.95. The van der Waals surface area contributed by atoms with Crippen molar-refractivity contribution in [3.63, 3.8) is 0 Å². The molecule has 0 atom stereocenters. The number of hydrogen-bond donors (Lipinski definition) is 1. The molecule has 2 aromatic rings. The van der Waals surface area contributed by atoms with E-state index in [2.05, 4.69) is 10.3 Å². The number of nitrogens with one attached hydrogen (secondary N) is 1. The van der Waals surface area contributed by atoms with E-state index in [1.165, 1.54) is 0 Å². The molecule has 0 saturated heterocycles. The first-order valence-electron chi connectivity index (χ1n) is 5.48. The second-order valence-corrected chi connectivity index (χ2v) is 4.29. The largest absolute Gasteiger partial charge is 0.416 e. The van der Waals surface area contributed by atoms with Gasteiger partial charge >= 0.3 is 6.18 Å². The van der Waals surface area contributed by atoms with Crippen molar-refractivity contribution in [3.8, 4) is 0 Å². The summed E-state index contributed by atoms with van der Waals surface area (Å²) in [6.45, 7) is 0.380. The van der Waals surface area contributed by atoms with Gasteiger partial charge in [-0.3, -0.25) is 0 Å². The van der Waals surface area contributed by atoms with Crippen molar-refractivity contribution < 1.29 is 13.2 Å². The Kier molecular flexibility index (Phi) is 3.95. The number of pyridine rings is 1. The minimum atomic E-state index is -4.43. The molecule has 6 heteroatoms. The lowest BCUT2D eigenvalue weighted by molar-refractivity contribution is -0.137. The van der Waals surface area contributed by atoms with E-state index in [1.54, 1.807) is 0 Å². The molecule has 2 rings (SSSR count). The normalized spacial score (nSPS) is 11.4. The summed E-state index contributed by atoms with van der Waals surface area (Å²) < 4.78 is 37.8. The number of nitrogens with zero attached hydrogens (tertiary/aromatic N) is 1. The molecule has 100 valence electrons. The van der Waals surface area contributed by atoms with Crippen LogP contribution in [0.25, 0.3) is 0 Å². The van der Waals surface area contributed by atoms with E-state index in [9.17, 15) is 13.2 Å². The zero-order valence-corrected chi connectivity index (χ0v) is 10.5. The minimum absolute atomic E-state index is 0.101. The topological polar surface area (TPSA) is 24.9 Å². The molecule has 19 heavy (non-hydrogen) atoms. The Balaban J connectivity index is 2.15.